The number of nitro benzene ring substituents is 1. The molecule has 0 spiro atoms. The Morgan fingerprint density at radius 3 is 2.62 bits per heavy atom. The van der Waals surface area contributed by atoms with Gasteiger partial charge in [-0.05, 0) is 11.1 Å². The van der Waals surface area contributed by atoms with Crippen molar-refractivity contribution in [1.82, 2.24) is 0 Å². The molecule has 1 aromatic rings. The van der Waals surface area contributed by atoms with Crippen molar-refractivity contribution in [2.45, 2.75) is 18.4 Å². The molecule has 0 amide bonds. The molecule has 0 saturated carbocycles. The zero-order valence-corrected chi connectivity index (χ0v) is 8.34. The van der Waals surface area contributed by atoms with E-state index in [0.717, 1.165) is 5.56 Å². The predicted molar refractivity (Wildman–Crippen MR) is 55.1 cm³/mol. The van der Waals surface area contributed by atoms with Gasteiger partial charge in [-0.25, -0.2) is 0 Å². The standard InChI is InChI=1S/C10H10N2O4/c11-10(9(13)14)4-6-1-2-8(12(15)16)3-7(6)5-10/h1-3H,4-5,11H2,(H,13,14)/t10-/m1/s1. The zero-order chi connectivity index (χ0) is 11.9. The van der Waals surface area contributed by atoms with Gasteiger partial charge in [0.05, 0.1) is 4.92 Å². The number of non-ortho nitro benzene ring substituents is 1. The van der Waals surface area contributed by atoms with E-state index in [1.807, 2.05) is 0 Å². The van der Waals surface area contributed by atoms with Gasteiger partial charge in [0, 0.05) is 25.0 Å². The van der Waals surface area contributed by atoms with Gasteiger partial charge in [-0.3, -0.25) is 14.9 Å². The lowest BCUT2D eigenvalue weighted by Gasteiger charge is -2.16. The van der Waals surface area contributed by atoms with Gasteiger partial charge in [-0.1, -0.05) is 6.07 Å². The van der Waals surface area contributed by atoms with Crippen LogP contribution in [-0.4, -0.2) is 21.5 Å². The molecule has 0 unspecified atom stereocenters. The fourth-order valence-corrected chi connectivity index (χ4v) is 1.96. The molecule has 2 rings (SSSR count). The van der Waals surface area contributed by atoms with Crippen LogP contribution in [0.5, 0.6) is 0 Å². The molecule has 6 heteroatoms. The van der Waals surface area contributed by atoms with Gasteiger partial charge in [-0.2, -0.15) is 0 Å². The Kier molecular flexibility index (Phi) is 2.16. The van der Waals surface area contributed by atoms with Crippen molar-refractivity contribution in [2.75, 3.05) is 0 Å². The van der Waals surface area contributed by atoms with Gasteiger partial charge in [-0.15, -0.1) is 0 Å². The van der Waals surface area contributed by atoms with Crippen LogP contribution >= 0.6 is 0 Å². The fraction of sp³-hybridized carbons (Fsp3) is 0.300. The molecule has 0 aliphatic heterocycles. The minimum atomic E-state index is -1.32. The van der Waals surface area contributed by atoms with Crippen LogP contribution in [0, 0.1) is 10.1 Å². The number of carboxylic acid groups (broad SMARTS) is 1. The van der Waals surface area contributed by atoms with Crippen LogP contribution in [0.4, 0.5) is 5.69 Å². The van der Waals surface area contributed by atoms with Gasteiger partial charge in [0.2, 0.25) is 0 Å². The number of fused-ring (bicyclic) bond motifs is 1. The third-order valence-corrected chi connectivity index (χ3v) is 2.84. The maximum absolute atomic E-state index is 11.0. The van der Waals surface area contributed by atoms with Crippen LogP contribution in [0.1, 0.15) is 11.1 Å². The average Bonchev–Trinajstić information content (AvgIpc) is 2.54. The van der Waals surface area contributed by atoms with Crippen LogP contribution < -0.4 is 5.73 Å². The number of hydrogen-bond donors (Lipinski definition) is 2. The van der Waals surface area contributed by atoms with Crippen molar-refractivity contribution in [3.05, 3.63) is 39.4 Å². The van der Waals surface area contributed by atoms with Gasteiger partial charge in [0.15, 0.2) is 0 Å². The van der Waals surface area contributed by atoms with Crippen molar-refractivity contribution in [1.29, 1.82) is 0 Å². The van der Waals surface area contributed by atoms with E-state index in [0.29, 0.717) is 5.56 Å². The lowest BCUT2D eigenvalue weighted by atomic mass is 9.98. The van der Waals surface area contributed by atoms with Crippen molar-refractivity contribution >= 4 is 11.7 Å². The molecule has 0 aromatic heterocycles. The summed E-state index contributed by atoms with van der Waals surface area (Å²) in [6.45, 7) is 0. The monoisotopic (exact) mass is 222 g/mol. The zero-order valence-electron chi connectivity index (χ0n) is 8.34. The summed E-state index contributed by atoms with van der Waals surface area (Å²) in [6.07, 6.45) is 0.356. The topological polar surface area (TPSA) is 106 Å². The molecule has 1 aromatic carbocycles. The molecule has 0 saturated heterocycles. The highest BCUT2D eigenvalue weighted by Gasteiger charge is 2.40. The molecule has 1 aliphatic carbocycles. The first-order chi connectivity index (χ1) is 7.42. The van der Waals surface area contributed by atoms with Crippen LogP contribution in [0.2, 0.25) is 0 Å². The molecule has 84 valence electrons. The predicted octanol–water partition coefficient (Wildman–Crippen LogP) is 0.475. The number of nitrogens with zero attached hydrogens (tertiary/aromatic N) is 1. The molecule has 0 heterocycles. The number of carbonyl (C=O) groups is 1. The summed E-state index contributed by atoms with van der Waals surface area (Å²) in [5.74, 6) is -1.08. The van der Waals surface area contributed by atoms with Gasteiger partial charge < -0.3 is 10.8 Å². The van der Waals surface area contributed by atoms with E-state index >= 15 is 0 Å². The van der Waals surface area contributed by atoms with Crippen LogP contribution in [0.15, 0.2) is 18.2 Å². The van der Waals surface area contributed by atoms with Crippen LogP contribution in [-0.2, 0) is 17.6 Å². The van der Waals surface area contributed by atoms with Crippen molar-refractivity contribution in [3.8, 4) is 0 Å². The molecular weight excluding hydrogens is 212 g/mol. The third kappa shape index (κ3) is 1.53. The van der Waals surface area contributed by atoms with Crippen molar-refractivity contribution in [3.63, 3.8) is 0 Å². The maximum Gasteiger partial charge on any atom is 0.324 e. The van der Waals surface area contributed by atoms with E-state index < -0.39 is 16.4 Å². The molecule has 0 bridgehead atoms. The molecule has 1 atom stereocenters. The Morgan fingerprint density at radius 2 is 2.06 bits per heavy atom. The summed E-state index contributed by atoms with van der Waals surface area (Å²) < 4.78 is 0. The lowest BCUT2D eigenvalue weighted by molar-refractivity contribution is -0.384. The normalized spacial score (nSPS) is 22.8. The van der Waals surface area contributed by atoms with E-state index in [2.05, 4.69) is 0 Å². The van der Waals surface area contributed by atoms with E-state index in [1.165, 1.54) is 12.1 Å². The Labute approximate surface area is 90.8 Å². The first-order valence-corrected chi connectivity index (χ1v) is 4.71. The summed E-state index contributed by atoms with van der Waals surface area (Å²) in [4.78, 5) is 21.0. The second-order valence-corrected chi connectivity index (χ2v) is 4.02. The summed E-state index contributed by atoms with van der Waals surface area (Å²) in [5, 5.41) is 19.5. The maximum atomic E-state index is 11.0. The first-order valence-electron chi connectivity index (χ1n) is 4.71. The first kappa shape index (κ1) is 10.6. The Balaban J connectivity index is 2.38. The van der Waals surface area contributed by atoms with Gasteiger partial charge in [0.1, 0.15) is 5.54 Å². The molecule has 0 radical (unpaired) electrons. The Bertz CT molecular complexity index is 486. The van der Waals surface area contributed by atoms with E-state index in [4.69, 9.17) is 10.8 Å². The second-order valence-electron chi connectivity index (χ2n) is 4.02. The van der Waals surface area contributed by atoms with Crippen molar-refractivity contribution < 1.29 is 14.8 Å². The summed E-state index contributed by atoms with van der Waals surface area (Å²) in [6, 6.07) is 4.34. The number of rotatable bonds is 2. The number of aliphatic carboxylic acids is 1. The van der Waals surface area contributed by atoms with Crippen LogP contribution in [0.25, 0.3) is 0 Å². The highest BCUT2D eigenvalue weighted by molar-refractivity contribution is 5.81. The third-order valence-electron chi connectivity index (χ3n) is 2.84. The van der Waals surface area contributed by atoms with E-state index in [-0.39, 0.29) is 18.5 Å². The number of nitro groups is 1. The minimum Gasteiger partial charge on any atom is -0.480 e. The molecule has 3 N–H and O–H groups in total. The van der Waals surface area contributed by atoms with Crippen molar-refractivity contribution in [2.24, 2.45) is 5.73 Å². The summed E-state index contributed by atoms with van der Waals surface area (Å²) >= 11 is 0. The van der Waals surface area contributed by atoms with E-state index in [1.54, 1.807) is 6.07 Å². The Hall–Kier alpha value is -1.95. The Morgan fingerprint density at radius 1 is 1.44 bits per heavy atom. The fourth-order valence-electron chi connectivity index (χ4n) is 1.96. The highest BCUT2D eigenvalue weighted by atomic mass is 16.6. The van der Waals surface area contributed by atoms with Crippen LogP contribution in [0.3, 0.4) is 0 Å². The molecular formula is C10H10N2O4. The van der Waals surface area contributed by atoms with E-state index in [9.17, 15) is 14.9 Å². The SMILES string of the molecule is N[C@]1(C(=O)O)Cc2ccc([N+](=O)[O-])cc2C1. The quantitative estimate of drug-likeness (QED) is 0.559. The van der Waals surface area contributed by atoms with Gasteiger partial charge in [0.25, 0.3) is 5.69 Å². The number of hydrogen-bond acceptors (Lipinski definition) is 4. The number of benzene rings is 1. The second kappa shape index (κ2) is 3.28. The average molecular weight is 222 g/mol. The molecule has 6 nitrogen and oxygen atoms in total. The minimum absolute atomic E-state index is 0.0339. The highest BCUT2D eigenvalue weighted by Crippen LogP contribution is 2.31. The summed E-state index contributed by atoms with van der Waals surface area (Å²) in [7, 11) is 0. The number of nitrogens with two attached hydrogens (primary N) is 1. The molecule has 16 heavy (non-hydrogen) atoms. The van der Waals surface area contributed by atoms with Gasteiger partial charge >= 0.3 is 5.97 Å². The molecule has 0 fully saturated rings. The summed E-state index contributed by atoms with van der Waals surface area (Å²) in [5.41, 5.74) is 5.78. The molecule has 1 aliphatic rings. The lowest BCUT2D eigenvalue weighted by Crippen LogP contribution is -2.48. The smallest absolute Gasteiger partial charge is 0.324 e. The largest absolute Gasteiger partial charge is 0.480 e. The number of carboxylic acids is 1.